The molecule has 0 saturated heterocycles. The third kappa shape index (κ3) is 8.20. The van der Waals surface area contributed by atoms with Crippen molar-refractivity contribution in [3.63, 3.8) is 0 Å². The topological polar surface area (TPSA) is 54.0 Å². The van der Waals surface area contributed by atoms with Crippen LogP contribution in [-0.4, -0.2) is 45.6 Å². The van der Waals surface area contributed by atoms with Gasteiger partial charge in [0, 0.05) is 26.7 Å². The van der Waals surface area contributed by atoms with E-state index in [4.69, 9.17) is 18.0 Å². The number of rotatable bonds is 12. The van der Waals surface area contributed by atoms with Gasteiger partial charge in [-0.05, 0) is 45.3 Å². The van der Waals surface area contributed by atoms with E-state index >= 15 is 0 Å². The first-order chi connectivity index (χ1) is 9.91. The van der Waals surface area contributed by atoms with Crippen LogP contribution in [0.3, 0.4) is 0 Å². The zero-order chi connectivity index (χ0) is 16.3. The number of carbonyl (C=O) groups excluding carboxylic acids is 1. The van der Waals surface area contributed by atoms with E-state index in [1.165, 1.54) is 6.92 Å². The van der Waals surface area contributed by atoms with Crippen molar-refractivity contribution in [3.8, 4) is 0 Å². The molecule has 0 aromatic rings. The van der Waals surface area contributed by atoms with Gasteiger partial charge in [0.25, 0.3) is 0 Å². The van der Waals surface area contributed by atoms with Crippen LogP contribution in [0.1, 0.15) is 53.9 Å². The van der Waals surface area contributed by atoms with Gasteiger partial charge in [-0.1, -0.05) is 6.92 Å². The summed E-state index contributed by atoms with van der Waals surface area (Å²) in [5.74, 6) is -0.338. The highest BCUT2D eigenvalue weighted by molar-refractivity contribution is 7.80. The summed E-state index contributed by atoms with van der Waals surface area (Å²) in [5.41, 5.74) is -0.457. The Labute approximate surface area is 135 Å². The van der Waals surface area contributed by atoms with E-state index in [0.29, 0.717) is 31.5 Å². The summed E-state index contributed by atoms with van der Waals surface area (Å²) in [7, 11) is -3.03. The van der Waals surface area contributed by atoms with Gasteiger partial charge in [-0.25, -0.2) is 0 Å². The van der Waals surface area contributed by atoms with Crippen molar-refractivity contribution < 1.29 is 22.8 Å². The Hall–Kier alpha value is -0.0831. The zero-order valence-corrected chi connectivity index (χ0v) is 15.8. The third-order valence-electron chi connectivity index (χ3n) is 2.83. The van der Waals surface area contributed by atoms with Crippen LogP contribution in [0.5, 0.6) is 0 Å². The van der Waals surface area contributed by atoms with Gasteiger partial charge < -0.3 is 18.0 Å². The molecule has 0 aromatic heterocycles. The minimum Gasteiger partial charge on any atom is -0.458 e. The van der Waals surface area contributed by atoms with Crippen molar-refractivity contribution in [1.29, 1.82) is 0 Å². The number of carbonyl (C=O) groups is 1. The molecule has 0 aromatic carbocycles. The van der Waals surface area contributed by atoms with Crippen molar-refractivity contribution >= 4 is 27.4 Å². The fourth-order valence-electron chi connectivity index (χ4n) is 2.11. The maximum atomic E-state index is 11.4. The van der Waals surface area contributed by atoms with Crippen molar-refractivity contribution in [2.24, 2.45) is 0 Å². The molecule has 5 nitrogen and oxygen atoms in total. The molecule has 0 rings (SSSR count). The van der Waals surface area contributed by atoms with Gasteiger partial charge in [0.15, 0.2) is 5.73 Å². The minimum atomic E-state index is -3.03. The van der Waals surface area contributed by atoms with Gasteiger partial charge >= 0.3 is 14.8 Å². The van der Waals surface area contributed by atoms with Crippen LogP contribution in [0.4, 0.5) is 0 Å². The lowest BCUT2D eigenvalue weighted by atomic mass is 10.2. The number of esters is 1. The SMILES string of the molecule is CCO[Si](OCC)(OCC)C(CCCC(C)S)OC(C)=O. The molecule has 2 unspecified atom stereocenters. The van der Waals surface area contributed by atoms with Crippen molar-refractivity contribution in [3.05, 3.63) is 0 Å². The van der Waals surface area contributed by atoms with E-state index in [1.807, 2.05) is 27.7 Å². The number of hydrogen-bond acceptors (Lipinski definition) is 6. The highest BCUT2D eigenvalue weighted by Crippen LogP contribution is 2.23. The van der Waals surface area contributed by atoms with Gasteiger partial charge in [-0.3, -0.25) is 4.79 Å². The summed E-state index contributed by atoms with van der Waals surface area (Å²) in [4.78, 5) is 11.4. The first-order valence-corrected chi connectivity index (χ1v) is 10.0. The average molecular weight is 339 g/mol. The van der Waals surface area contributed by atoms with Crippen LogP contribution in [0.2, 0.25) is 0 Å². The Morgan fingerprint density at radius 3 is 1.86 bits per heavy atom. The summed E-state index contributed by atoms with van der Waals surface area (Å²) in [5, 5.41) is 0.310. The van der Waals surface area contributed by atoms with E-state index < -0.39 is 14.5 Å². The molecule has 126 valence electrons. The molecule has 0 aliphatic heterocycles. The summed E-state index contributed by atoms with van der Waals surface area (Å²) < 4.78 is 23.0. The quantitative estimate of drug-likeness (QED) is 0.337. The smallest absolute Gasteiger partial charge is 0.458 e. The highest BCUT2D eigenvalue weighted by atomic mass is 32.1. The van der Waals surface area contributed by atoms with Crippen LogP contribution in [0.25, 0.3) is 0 Å². The van der Waals surface area contributed by atoms with Crippen LogP contribution in [0.15, 0.2) is 0 Å². The summed E-state index contributed by atoms with van der Waals surface area (Å²) in [6, 6.07) is 0. The molecule has 0 fully saturated rings. The monoisotopic (exact) mass is 338 g/mol. The molecule has 2 atom stereocenters. The summed E-state index contributed by atoms with van der Waals surface area (Å²) in [6.07, 6.45) is 2.48. The predicted octanol–water partition coefficient (Wildman–Crippen LogP) is 2.99. The molecule has 0 amide bonds. The van der Waals surface area contributed by atoms with E-state index in [1.54, 1.807) is 0 Å². The van der Waals surface area contributed by atoms with Crippen molar-refractivity contribution in [1.82, 2.24) is 0 Å². The van der Waals surface area contributed by atoms with Crippen LogP contribution >= 0.6 is 12.6 Å². The van der Waals surface area contributed by atoms with Gasteiger partial charge in [0.2, 0.25) is 0 Å². The van der Waals surface area contributed by atoms with Gasteiger partial charge in [-0.15, -0.1) is 0 Å². The summed E-state index contributed by atoms with van der Waals surface area (Å²) in [6.45, 7) is 10.5. The molecule has 21 heavy (non-hydrogen) atoms. The first kappa shape index (κ1) is 20.9. The first-order valence-electron chi connectivity index (χ1n) is 7.68. The van der Waals surface area contributed by atoms with Crippen LogP contribution in [-0.2, 0) is 22.8 Å². The van der Waals surface area contributed by atoms with Crippen molar-refractivity contribution in [2.75, 3.05) is 19.8 Å². The molecule has 0 aliphatic carbocycles. The fraction of sp³-hybridized carbons (Fsp3) is 0.929. The number of hydrogen-bond donors (Lipinski definition) is 1. The molecule has 0 bridgehead atoms. The predicted molar refractivity (Wildman–Crippen MR) is 88.5 cm³/mol. The maximum absolute atomic E-state index is 11.4. The van der Waals surface area contributed by atoms with Gasteiger partial charge in [-0.2, -0.15) is 12.6 Å². The summed E-state index contributed by atoms with van der Waals surface area (Å²) >= 11 is 4.38. The lowest BCUT2D eigenvalue weighted by Crippen LogP contribution is -2.58. The molecule has 0 spiro atoms. The molecular formula is C14H30O5SSi. The van der Waals surface area contributed by atoms with E-state index in [0.717, 1.165) is 12.8 Å². The van der Waals surface area contributed by atoms with E-state index in [-0.39, 0.29) is 5.97 Å². The Bertz CT molecular complexity index is 272. The highest BCUT2D eigenvalue weighted by Gasteiger charge is 2.51. The lowest BCUT2D eigenvalue weighted by Gasteiger charge is -2.34. The second kappa shape index (κ2) is 11.5. The zero-order valence-electron chi connectivity index (χ0n) is 13.9. The largest absolute Gasteiger partial charge is 0.544 e. The van der Waals surface area contributed by atoms with Crippen LogP contribution < -0.4 is 0 Å². The molecule has 0 radical (unpaired) electrons. The van der Waals surface area contributed by atoms with Crippen molar-refractivity contribution in [2.45, 2.75) is 64.9 Å². The second-order valence-electron chi connectivity index (χ2n) is 4.78. The van der Waals surface area contributed by atoms with Gasteiger partial charge in [0.1, 0.15) is 0 Å². The third-order valence-corrected chi connectivity index (χ3v) is 6.35. The Morgan fingerprint density at radius 1 is 1.05 bits per heavy atom. The molecule has 0 heterocycles. The lowest BCUT2D eigenvalue weighted by molar-refractivity contribution is -0.146. The standard InChI is InChI=1S/C14H30O5SSi/c1-6-16-21(17-7-2,18-8-3)14(19-13(5)15)11-9-10-12(4)20/h12,14,20H,6-11H2,1-5H3. The maximum Gasteiger partial charge on any atom is 0.544 e. The Kier molecular flexibility index (Phi) is 11.4. The Morgan fingerprint density at radius 2 is 1.52 bits per heavy atom. The molecule has 0 aliphatic rings. The minimum absolute atomic E-state index is 0.310. The number of ether oxygens (including phenoxy) is 1. The van der Waals surface area contributed by atoms with E-state index in [2.05, 4.69) is 12.6 Å². The Balaban J connectivity index is 5.06. The van der Waals surface area contributed by atoms with Crippen LogP contribution in [0, 0.1) is 0 Å². The molecule has 7 heteroatoms. The fourth-order valence-corrected chi connectivity index (χ4v) is 5.18. The van der Waals surface area contributed by atoms with Gasteiger partial charge in [0.05, 0.1) is 0 Å². The average Bonchev–Trinajstić information content (AvgIpc) is 2.37. The normalized spacial score (nSPS) is 14.8. The molecule has 0 saturated carbocycles. The molecule has 0 N–H and O–H groups in total. The number of thiol groups is 1. The second-order valence-corrected chi connectivity index (χ2v) is 8.38. The van der Waals surface area contributed by atoms with E-state index in [9.17, 15) is 4.79 Å². The molecular weight excluding hydrogens is 308 g/mol.